The van der Waals surface area contributed by atoms with Gasteiger partial charge in [-0.1, -0.05) is 30.3 Å². The van der Waals surface area contributed by atoms with E-state index < -0.39 is 5.76 Å². The highest BCUT2D eigenvalue weighted by molar-refractivity contribution is 5.98. The van der Waals surface area contributed by atoms with Gasteiger partial charge >= 0.3 is 5.76 Å². The second-order valence-electron chi connectivity index (χ2n) is 6.63. The van der Waals surface area contributed by atoms with Crippen molar-refractivity contribution < 1.29 is 14.0 Å². The van der Waals surface area contributed by atoms with Crippen molar-refractivity contribution in [3.8, 4) is 0 Å². The molecule has 1 atom stereocenters. The fourth-order valence-electron chi connectivity index (χ4n) is 3.43. The summed E-state index contributed by atoms with van der Waals surface area (Å²) >= 11 is 0. The van der Waals surface area contributed by atoms with Gasteiger partial charge in [-0.3, -0.25) is 14.2 Å². The molecule has 0 saturated carbocycles. The van der Waals surface area contributed by atoms with E-state index >= 15 is 0 Å². The Labute approximate surface area is 155 Å². The van der Waals surface area contributed by atoms with E-state index in [0.717, 1.165) is 5.69 Å². The zero-order valence-corrected chi connectivity index (χ0v) is 14.9. The first-order valence-corrected chi connectivity index (χ1v) is 8.78. The number of anilines is 1. The van der Waals surface area contributed by atoms with Gasteiger partial charge < -0.3 is 14.2 Å². The number of aromatic nitrogens is 1. The van der Waals surface area contributed by atoms with Crippen LogP contribution in [-0.2, 0) is 16.1 Å². The van der Waals surface area contributed by atoms with Gasteiger partial charge in [0, 0.05) is 18.3 Å². The maximum atomic E-state index is 12.8. The molecule has 2 heterocycles. The number of hydrogen-bond donors (Lipinski definition) is 0. The molecular formula is C20H19N3O4. The second-order valence-corrected chi connectivity index (χ2v) is 6.63. The zero-order valence-electron chi connectivity index (χ0n) is 14.9. The average Bonchev–Trinajstić information content (AvgIpc) is 2.99. The molecule has 0 aliphatic carbocycles. The number of benzene rings is 2. The molecule has 1 aliphatic heterocycles. The van der Waals surface area contributed by atoms with Crippen molar-refractivity contribution in [1.29, 1.82) is 0 Å². The van der Waals surface area contributed by atoms with Crippen LogP contribution in [0.2, 0.25) is 0 Å². The highest BCUT2D eigenvalue weighted by atomic mass is 16.4. The maximum absolute atomic E-state index is 12.8. The summed E-state index contributed by atoms with van der Waals surface area (Å²) in [4.78, 5) is 40.7. The third-order valence-electron chi connectivity index (χ3n) is 4.84. The first-order chi connectivity index (χ1) is 13.0. The number of fused-ring (bicyclic) bond motifs is 1. The van der Waals surface area contributed by atoms with Crippen molar-refractivity contribution in [2.75, 3.05) is 18.0 Å². The van der Waals surface area contributed by atoms with E-state index in [2.05, 4.69) is 0 Å². The van der Waals surface area contributed by atoms with Crippen LogP contribution in [0.3, 0.4) is 0 Å². The fourth-order valence-corrected chi connectivity index (χ4v) is 3.43. The summed E-state index contributed by atoms with van der Waals surface area (Å²) in [6, 6.07) is 16.2. The smallest absolute Gasteiger partial charge is 0.408 e. The topological polar surface area (TPSA) is 75.8 Å². The molecule has 138 valence electrons. The van der Waals surface area contributed by atoms with Crippen LogP contribution in [0.25, 0.3) is 11.1 Å². The number of oxazole rings is 1. The molecule has 3 aromatic rings. The summed E-state index contributed by atoms with van der Waals surface area (Å²) in [6.07, 6.45) is 0. The number of piperazine rings is 1. The third kappa shape index (κ3) is 3.12. The van der Waals surface area contributed by atoms with E-state index in [4.69, 9.17) is 4.42 Å². The molecule has 1 aliphatic rings. The van der Waals surface area contributed by atoms with Crippen LogP contribution < -0.4 is 10.7 Å². The monoisotopic (exact) mass is 365 g/mol. The van der Waals surface area contributed by atoms with Crippen molar-refractivity contribution in [1.82, 2.24) is 9.47 Å². The molecule has 7 nitrogen and oxygen atoms in total. The standard InChI is InChI=1S/C20H19N3O4/c1-14-11-22(15-7-3-2-4-8-15)19(25)12-21(14)18(24)13-23-16-9-5-6-10-17(16)27-20(23)26/h2-10,14H,11-13H2,1H3. The van der Waals surface area contributed by atoms with E-state index in [9.17, 15) is 14.4 Å². The molecule has 0 bridgehead atoms. The molecule has 7 heteroatoms. The molecule has 1 fully saturated rings. The SMILES string of the molecule is CC1CN(c2ccccc2)C(=O)CN1C(=O)Cn1c(=O)oc2ccccc21. The molecule has 0 N–H and O–H groups in total. The Hall–Kier alpha value is -3.35. The van der Waals surface area contributed by atoms with Crippen LogP contribution >= 0.6 is 0 Å². The summed E-state index contributed by atoms with van der Waals surface area (Å²) in [5.41, 5.74) is 1.82. The Balaban J connectivity index is 1.54. The van der Waals surface area contributed by atoms with Gasteiger partial charge in [0.15, 0.2) is 5.58 Å². The lowest BCUT2D eigenvalue weighted by Gasteiger charge is -2.39. The number of carbonyl (C=O) groups excluding carboxylic acids is 2. The molecule has 27 heavy (non-hydrogen) atoms. The van der Waals surface area contributed by atoms with E-state index in [1.807, 2.05) is 37.3 Å². The quantitative estimate of drug-likeness (QED) is 0.710. The van der Waals surface area contributed by atoms with Crippen LogP contribution in [0.5, 0.6) is 0 Å². The zero-order chi connectivity index (χ0) is 19.0. The van der Waals surface area contributed by atoms with Gasteiger partial charge in [0.2, 0.25) is 11.8 Å². The molecule has 2 aromatic carbocycles. The number of carbonyl (C=O) groups is 2. The number of para-hydroxylation sites is 3. The first kappa shape index (κ1) is 17.1. The molecule has 1 aromatic heterocycles. The molecule has 1 unspecified atom stereocenters. The van der Waals surface area contributed by atoms with Gasteiger partial charge in [-0.2, -0.15) is 0 Å². The maximum Gasteiger partial charge on any atom is 0.420 e. The lowest BCUT2D eigenvalue weighted by atomic mass is 10.1. The van der Waals surface area contributed by atoms with Crippen LogP contribution in [0.1, 0.15) is 6.92 Å². The van der Waals surface area contributed by atoms with Crippen LogP contribution in [0.15, 0.2) is 63.8 Å². The molecule has 4 rings (SSSR count). The summed E-state index contributed by atoms with van der Waals surface area (Å²) in [5, 5.41) is 0. The second kappa shape index (κ2) is 6.75. The Morgan fingerprint density at radius 3 is 2.56 bits per heavy atom. The number of nitrogens with zero attached hydrogens (tertiary/aromatic N) is 3. The Morgan fingerprint density at radius 1 is 1.07 bits per heavy atom. The predicted molar refractivity (Wildman–Crippen MR) is 100 cm³/mol. The van der Waals surface area contributed by atoms with Gasteiger partial charge in [0.25, 0.3) is 0 Å². The normalized spacial score (nSPS) is 17.5. The molecule has 2 amide bonds. The predicted octanol–water partition coefficient (Wildman–Crippen LogP) is 1.86. The van der Waals surface area contributed by atoms with Gasteiger partial charge in [0.05, 0.1) is 5.52 Å². The van der Waals surface area contributed by atoms with Gasteiger partial charge in [-0.05, 0) is 31.2 Å². The van der Waals surface area contributed by atoms with Crippen LogP contribution in [-0.4, -0.2) is 40.4 Å². The first-order valence-electron chi connectivity index (χ1n) is 8.78. The fraction of sp³-hybridized carbons (Fsp3) is 0.250. The molecule has 1 saturated heterocycles. The average molecular weight is 365 g/mol. The van der Waals surface area contributed by atoms with Gasteiger partial charge in [-0.25, -0.2) is 4.79 Å². The lowest BCUT2D eigenvalue weighted by Crippen LogP contribution is -2.57. The van der Waals surface area contributed by atoms with Crippen LogP contribution in [0.4, 0.5) is 5.69 Å². The third-order valence-corrected chi connectivity index (χ3v) is 4.84. The molecule has 0 spiro atoms. The number of rotatable bonds is 3. The Kier molecular flexibility index (Phi) is 4.27. The summed E-state index contributed by atoms with van der Waals surface area (Å²) in [7, 11) is 0. The Morgan fingerprint density at radius 2 is 1.78 bits per heavy atom. The number of amides is 2. The van der Waals surface area contributed by atoms with E-state index in [0.29, 0.717) is 17.6 Å². The summed E-state index contributed by atoms with van der Waals surface area (Å²) in [6.45, 7) is 2.14. The van der Waals surface area contributed by atoms with Gasteiger partial charge in [0.1, 0.15) is 13.1 Å². The van der Waals surface area contributed by atoms with E-state index in [1.165, 1.54) is 9.47 Å². The minimum Gasteiger partial charge on any atom is -0.408 e. The Bertz CT molecular complexity index is 1050. The molecular weight excluding hydrogens is 346 g/mol. The largest absolute Gasteiger partial charge is 0.420 e. The van der Waals surface area contributed by atoms with Gasteiger partial charge in [-0.15, -0.1) is 0 Å². The summed E-state index contributed by atoms with van der Waals surface area (Å²) in [5.74, 6) is -0.999. The minimum absolute atomic E-state index is 0.0145. The van der Waals surface area contributed by atoms with Crippen molar-refractivity contribution in [2.24, 2.45) is 0 Å². The molecule has 0 radical (unpaired) electrons. The van der Waals surface area contributed by atoms with Crippen molar-refractivity contribution >= 4 is 28.6 Å². The number of hydrogen-bond acceptors (Lipinski definition) is 4. The summed E-state index contributed by atoms with van der Waals surface area (Å²) < 4.78 is 6.48. The van der Waals surface area contributed by atoms with E-state index in [-0.39, 0.29) is 30.9 Å². The highest BCUT2D eigenvalue weighted by Gasteiger charge is 2.33. The van der Waals surface area contributed by atoms with E-state index in [1.54, 1.807) is 29.2 Å². The lowest BCUT2D eigenvalue weighted by molar-refractivity contribution is -0.139. The van der Waals surface area contributed by atoms with Crippen molar-refractivity contribution in [3.63, 3.8) is 0 Å². The van der Waals surface area contributed by atoms with Crippen molar-refractivity contribution in [2.45, 2.75) is 19.5 Å². The highest BCUT2D eigenvalue weighted by Crippen LogP contribution is 2.20. The van der Waals surface area contributed by atoms with Crippen LogP contribution in [0, 0.1) is 0 Å². The van der Waals surface area contributed by atoms with Crippen molar-refractivity contribution in [3.05, 3.63) is 65.1 Å². The minimum atomic E-state index is -0.577.